The van der Waals surface area contributed by atoms with Crippen molar-refractivity contribution in [1.82, 2.24) is 4.90 Å². The summed E-state index contributed by atoms with van der Waals surface area (Å²) in [6.45, 7) is 6.64. The van der Waals surface area contributed by atoms with Crippen LogP contribution in [0.2, 0.25) is 0 Å². The number of likely N-dealkylation sites (tertiary alicyclic amines) is 1. The lowest BCUT2D eigenvalue weighted by Gasteiger charge is -2.33. The molecule has 1 fully saturated rings. The largest absolute Gasteiger partial charge is 0.383 e. The Kier molecular flexibility index (Phi) is 4.06. The van der Waals surface area contributed by atoms with E-state index >= 15 is 0 Å². The molecule has 2 heteroatoms. The quantitative estimate of drug-likeness (QED) is 0.861. The van der Waals surface area contributed by atoms with E-state index in [0.717, 1.165) is 6.54 Å². The van der Waals surface area contributed by atoms with Crippen LogP contribution in [0.1, 0.15) is 30.4 Å². The molecule has 94 valence electrons. The number of aryl methyl sites for hydroxylation is 2. The van der Waals surface area contributed by atoms with Crippen molar-refractivity contribution < 1.29 is 0 Å². The molecule has 1 saturated heterocycles. The van der Waals surface area contributed by atoms with Crippen LogP contribution in [-0.2, 0) is 0 Å². The highest BCUT2D eigenvalue weighted by Gasteiger charge is 2.18. The Morgan fingerprint density at radius 1 is 1.29 bits per heavy atom. The third-order valence-corrected chi connectivity index (χ3v) is 3.84. The summed E-state index contributed by atoms with van der Waals surface area (Å²) < 4.78 is 0. The minimum Gasteiger partial charge on any atom is -0.383 e. The van der Waals surface area contributed by atoms with E-state index in [1.807, 2.05) is 0 Å². The first kappa shape index (κ1) is 12.4. The van der Waals surface area contributed by atoms with Crippen LogP contribution in [0, 0.1) is 13.8 Å². The van der Waals surface area contributed by atoms with Crippen LogP contribution in [-0.4, -0.2) is 31.1 Å². The number of anilines is 1. The summed E-state index contributed by atoms with van der Waals surface area (Å²) in [5.74, 6) is 0. The van der Waals surface area contributed by atoms with Crippen molar-refractivity contribution in [3.05, 3.63) is 29.3 Å². The fourth-order valence-corrected chi connectivity index (χ4v) is 2.56. The summed E-state index contributed by atoms with van der Waals surface area (Å²) in [6.07, 6.45) is 4.06. The molecule has 0 spiro atoms. The first-order valence-corrected chi connectivity index (χ1v) is 6.68. The van der Waals surface area contributed by atoms with Gasteiger partial charge in [0.15, 0.2) is 0 Å². The van der Waals surface area contributed by atoms with Crippen molar-refractivity contribution in [2.75, 3.05) is 25.5 Å². The highest BCUT2D eigenvalue weighted by molar-refractivity contribution is 5.52. The monoisotopic (exact) mass is 232 g/mol. The van der Waals surface area contributed by atoms with Gasteiger partial charge in [0.2, 0.25) is 0 Å². The van der Waals surface area contributed by atoms with Gasteiger partial charge in [0.25, 0.3) is 0 Å². The van der Waals surface area contributed by atoms with Gasteiger partial charge in [0.05, 0.1) is 0 Å². The molecule has 1 atom stereocenters. The van der Waals surface area contributed by atoms with E-state index in [1.54, 1.807) is 0 Å². The van der Waals surface area contributed by atoms with Gasteiger partial charge in [-0.25, -0.2) is 0 Å². The molecule has 1 unspecified atom stereocenters. The first-order chi connectivity index (χ1) is 8.16. The van der Waals surface area contributed by atoms with Crippen LogP contribution >= 0.6 is 0 Å². The molecule has 1 aromatic carbocycles. The molecule has 0 aromatic heterocycles. The maximum atomic E-state index is 3.61. The summed E-state index contributed by atoms with van der Waals surface area (Å²) >= 11 is 0. The maximum absolute atomic E-state index is 3.61. The van der Waals surface area contributed by atoms with Gasteiger partial charge in [-0.15, -0.1) is 0 Å². The predicted molar refractivity (Wildman–Crippen MR) is 74.7 cm³/mol. The molecular formula is C15H24N2. The van der Waals surface area contributed by atoms with E-state index in [0.29, 0.717) is 6.04 Å². The SMILES string of the molecule is Cc1ccc(C)c(NCC2CCCCN2C)c1. The normalized spacial score (nSPS) is 21.5. The molecule has 2 rings (SSSR count). The number of hydrogen-bond acceptors (Lipinski definition) is 2. The van der Waals surface area contributed by atoms with Crippen LogP contribution in [0.4, 0.5) is 5.69 Å². The second-order valence-electron chi connectivity index (χ2n) is 5.33. The third kappa shape index (κ3) is 3.22. The summed E-state index contributed by atoms with van der Waals surface area (Å²) in [6, 6.07) is 7.32. The highest BCUT2D eigenvalue weighted by Crippen LogP contribution is 2.19. The molecule has 0 amide bonds. The number of piperidine rings is 1. The van der Waals surface area contributed by atoms with Crippen molar-refractivity contribution in [3.8, 4) is 0 Å². The standard InChI is InChI=1S/C15H24N2/c1-12-7-8-13(2)15(10-12)16-11-14-6-4-5-9-17(14)3/h7-8,10,14,16H,4-6,9,11H2,1-3H3. The fraction of sp³-hybridized carbons (Fsp3) is 0.600. The summed E-state index contributed by atoms with van der Waals surface area (Å²) in [7, 11) is 2.24. The fourth-order valence-electron chi connectivity index (χ4n) is 2.56. The smallest absolute Gasteiger partial charge is 0.0373 e. The Labute approximate surface area is 105 Å². The van der Waals surface area contributed by atoms with Crippen molar-refractivity contribution in [1.29, 1.82) is 0 Å². The topological polar surface area (TPSA) is 15.3 Å². The van der Waals surface area contributed by atoms with Crippen molar-refractivity contribution >= 4 is 5.69 Å². The molecule has 2 nitrogen and oxygen atoms in total. The molecule has 1 aliphatic heterocycles. The highest BCUT2D eigenvalue weighted by atomic mass is 15.2. The summed E-state index contributed by atoms with van der Waals surface area (Å²) in [5.41, 5.74) is 3.97. The molecule has 1 aliphatic rings. The van der Waals surface area contributed by atoms with E-state index in [4.69, 9.17) is 0 Å². The van der Waals surface area contributed by atoms with Crippen molar-refractivity contribution in [3.63, 3.8) is 0 Å². The predicted octanol–water partition coefficient (Wildman–Crippen LogP) is 3.20. The molecular weight excluding hydrogens is 208 g/mol. The van der Waals surface area contributed by atoms with Gasteiger partial charge in [-0.1, -0.05) is 18.6 Å². The van der Waals surface area contributed by atoms with Gasteiger partial charge >= 0.3 is 0 Å². The second-order valence-corrected chi connectivity index (χ2v) is 5.33. The molecule has 1 N–H and O–H groups in total. The van der Waals surface area contributed by atoms with Gasteiger partial charge in [-0.3, -0.25) is 0 Å². The molecule has 0 aliphatic carbocycles. The Hall–Kier alpha value is -1.02. The molecule has 0 radical (unpaired) electrons. The number of likely N-dealkylation sites (N-methyl/N-ethyl adjacent to an activating group) is 1. The van der Waals surface area contributed by atoms with E-state index in [-0.39, 0.29) is 0 Å². The third-order valence-electron chi connectivity index (χ3n) is 3.84. The van der Waals surface area contributed by atoms with Gasteiger partial charge in [-0.2, -0.15) is 0 Å². The first-order valence-electron chi connectivity index (χ1n) is 6.68. The minimum absolute atomic E-state index is 0.698. The van der Waals surface area contributed by atoms with Gasteiger partial charge < -0.3 is 10.2 Å². The average molecular weight is 232 g/mol. The summed E-state index contributed by atoms with van der Waals surface area (Å²) in [5, 5.41) is 3.61. The van der Waals surface area contributed by atoms with Crippen molar-refractivity contribution in [2.45, 2.75) is 39.2 Å². The van der Waals surface area contributed by atoms with E-state index in [9.17, 15) is 0 Å². The van der Waals surface area contributed by atoms with Crippen molar-refractivity contribution in [2.24, 2.45) is 0 Å². The number of benzene rings is 1. The van der Waals surface area contributed by atoms with E-state index in [1.165, 1.54) is 42.6 Å². The Balaban J connectivity index is 1.94. The summed E-state index contributed by atoms with van der Waals surface area (Å²) in [4.78, 5) is 2.49. The zero-order chi connectivity index (χ0) is 12.3. The van der Waals surface area contributed by atoms with Crippen LogP contribution in [0.25, 0.3) is 0 Å². The Morgan fingerprint density at radius 2 is 2.12 bits per heavy atom. The van der Waals surface area contributed by atoms with Gasteiger partial charge in [0, 0.05) is 18.3 Å². The van der Waals surface area contributed by atoms with Gasteiger partial charge in [0.1, 0.15) is 0 Å². The number of nitrogens with one attached hydrogen (secondary N) is 1. The van der Waals surface area contributed by atoms with Crippen LogP contribution in [0.3, 0.4) is 0 Å². The molecule has 1 heterocycles. The Bertz CT molecular complexity index is 373. The number of nitrogens with zero attached hydrogens (tertiary/aromatic N) is 1. The van der Waals surface area contributed by atoms with Crippen LogP contribution in [0.5, 0.6) is 0 Å². The molecule has 17 heavy (non-hydrogen) atoms. The second kappa shape index (κ2) is 5.54. The molecule has 1 aromatic rings. The average Bonchev–Trinajstić information content (AvgIpc) is 2.32. The number of rotatable bonds is 3. The maximum Gasteiger partial charge on any atom is 0.0373 e. The lowest BCUT2D eigenvalue weighted by Crippen LogP contribution is -2.40. The van der Waals surface area contributed by atoms with E-state index in [2.05, 4.69) is 49.3 Å². The van der Waals surface area contributed by atoms with Crippen LogP contribution < -0.4 is 5.32 Å². The zero-order valence-corrected chi connectivity index (χ0v) is 11.3. The minimum atomic E-state index is 0.698. The lowest BCUT2D eigenvalue weighted by atomic mass is 10.0. The molecule has 0 bridgehead atoms. The number of hydrogen-bond donors (Lipinski definition) is 1. The lowest BCUT2D eigenvalue weighted by molar-refractivity contribution is 0.194. The molecule has 0 saturated carbocycles. The Morgan fingerprint density at radius 3 is 2.88 bits per heavy atom. The van der Waals surface area contributed by atoms with E-state index < -0.39 is 0 Å². The van der Waals surface area contributed by atoms with Gasteiger partial charge in [-0.05, 0) is 57.5 Å². The zero-order valence-electron chi connectivity index (χ0n) is 11.3. The van der Waals surface area contributed by atoms with Crippen LogP contribution in [0.15, 0.2) is 18.2 Å².